The molecule has 0 aromatic carbocycles. The minimum atomic E-state index is 0.300. The molecule has 0 aromatic rings. The average Bonchev–Trinajstić information content (AvgIpc) is 2.66. The molecule has 0 aliphatic carbocycles. The zero-order valence-corrected chi connectivity index (χ0v) is 10.6. The van der Waals surface area contributed by atoms with Crippen LogP contribution in [0.2, 0.25) is 0 Å². The molecule has 3 nitrogen and oxygen atoms in total. The van der Waals surface area contributed by atoms with Crippen molar-refractivity contribution in [2.45, 2.75) is 32.3 Å². The standard InChI is InChI=1S/C11H22N2OS/c1-9(11(12)15)8-13(2)6-5-10-4-3-7-14-10/h9-10H,3-8H2,1-2H3,(H2,12,15). The zero-order valence-electron chi connectivity index (χ0n) is 9.74. The Bertz CT molecular complexity index is 205. The summed E-state index contributed by atoms with van der Waals surface area (Å²) in [7, 11) is 2.11. The van der Waals surface area contributed by atoms with Gasteiger partial charge in [-0.1, -0.05) is 19.1 Å². The molecule has 2 unspecified atom stereocenters. The maximum Gasteiger partial charge on any atom is 0.0768 e. The van der Waals surface area contributed by atoms with E-state index in [4.69, 9.17) is 22.7 Å². The molecule has 0 radical (unpaired) electrons. The first kappa shape index (κ1) is 12.9. The highest BCUT2D eigenvalue weighted by Crippen LogP contribution is 2.15. The number of thiocarbonyl (C=S) groups is 1. The van der Waals surface area contributed by atoms with Crippen LogP contribution in [-0.2, 0) is 4.74 Å². The van der Waals surface area contributed by atoms with Gasteiger partial charge >= 0.3 is 0 Å². The lowest BCUT2D eigenvalue weighted by Crippen LogP contribution is -2.33. The average molecular weight is 230 g/mol. The van der Waals surface area contributed by atoms with Crippen molar-refractivity contribution in [3.05, 3.63) is 0 Å². The van der Waals surface area contributed by atoms with Crippen molar-refractivity contribution < 1.29 is 4.74 Å². The molecule has 0 aromatic heterocycles. The number of ether oxygens (including phenoxy) is 1. The van der Waals surface area contributed by atoms with Crippen molar-refractivity contribution in [1.82, 2.24) is 4.90 Å². The molecule has 1 rings (SSSR count). The van der Waals surface area contributed by atoms with Gasteiger partial charge in [0.2, 0.25) is 0 Å². The van der Waals surface area contributed by atoms with E-state index in [0.717, 1.165) is 26.1 Å². The topological polar surface area (TPSA) is 38.5 Å². The Labute approximate surface area is 98.0 Å². The number of rotatable bonds is 6. The van der Waals surface area contributed by atoms with Crippen LogP contribution in [0.5, 0.6) is 0 Å². The van der Waals surface area contributed by atoms with Gasteiger partial charge in [0, 0.05) is 25.6 Å². The summed E-state index contributed by atoms with van der Waals surface area (Å²) in [5.74, 6) is 0.300. The van der Waals surface area contributed by atoms with Gasteiger partial charge in [-0.05, 0) is 26.3 Å². The van der Waals surface area contributed by atoms with E-state index in [0.29, 0.717) is 17.0 Å². The second-order valence-corrected chi connectivity index (χ2v) is 4.96. The molecular formula is C11H22N2OS. The fraction of sp³-hybridized carbons (Fsp3) is 0.909. The van der Waals surface area contributed by atoms with Gasteiger partial charge in [0.05, 0.1) is 11.1 Å². The Hall–Kier alpha value is -0.190. The Morgan fingerprint density at radius 1 is 1.67 bits per heavy atom. The fourth-order valence-electron chi connectivity index (χ4n) is 1.89. The van der Waals surface area contributed by atoms with Crippen LogP contribution in [0, 0.1) is 5.92 Å². The molecule has 2 N–H and O–H groups in total. The number of nitrogens with zero attached hydrogens (tertiary/aromatic N) is 1. The fourth-order valence-corrected chi connectivity index (χ4v) is 1.96. The summed E-state index contributed by atoms with van der Waals surface area (Å²) in [4.78, 5) is 2.89. The van der Waals surface area contributed by atoms with Crippen LogP contribution < -0.4 is 5.73 Å². The molecule has 88 valence electrons. The third-order valence-electron chi connectivity index (χ3n) is 2.93. The van der Waals surface area contributed by atoms with Crippen molar-refractivity contribution in [2.75, 3.05) is 26.7 Å². The van der Waals surface area contributed by atoms with Crippen LogP contribution in [-0.4, -0.2) is 42.7 Å². The quantitative estimate of drug-likeness (QED) is 0.700. The normalized spacial score (nSPS) is 23.3. The summed E-state index contributed by atoms with van der Waals surface area (Å²) in [6, 6.07) is 0. The number of hydrogen-bond donors (Lipinski definition) is 1. The summed E-state index contributed by atoms with van der Waals surface area (Å²) < 4.78 is 5.58. The van der Waals surface area contributed by atoms with Gasteiger partial charge in [0.25, 0.3) is 0 Å². The van der Waals surface area contributed by atoms with Crippen LogP contribution in [0.4, 0.5) is 0 Å². The molecule has 0 bridgehead atoms. The molecule has 1 aliphatic rings. The maximum absolute atomic E-state index is 5.58. The van der Waals surface area contributed by atoms with Gasteiger partial charge in [-0.3, -0.25) is 0 Å². The lowest BCUT2D eigenvalue weighted by Gasteiger charge is -2.21. The van der Waals surface area contributed by atoms with Crippen molar-refractivity contribution in [3.63, 3.8) is 0 Å². The van der Waals surface area contributed by atoms with Gasteiger partial charge in [-0.25, -0.2) is 0 Å². The zero-order chi connectivity index (χ0) is 11.3. The van der Waals surface area contributed by atoms with E-state index in [1.807, 2.05) is 0 Å². The van der Waals surface area contributed by atoms with E-state index in [-0.39, 0.29) is 0 Å². The number of nitrogens with two attached hydrogens (primary N) is 1. The first-order valence-corrected chi connectivity index (χ1v) is 6.10. The van der Waals surface area contributed by atoms with Crippen LogP contribution in [0.3, 0.4) is 0 Å². The first-order chi connectivity index (χ1) is 7.09. The van der Waals surface area contributed by atoms with Crippen molar-refractivity contribution in [2.24, 2.45) is 11.7 Å². The van der Waals surface area contributed by atoms with Crippen LogP contribution in [0.25, 0.3) is 0 Å². The Kier molecular flexibility index (Phi) is 5.50. The van der Waals surface area contributed by atoms with Gasteiger partial charge in [-0.15, -0.1) is 0 Å². The highest BCUT2D eigenvalue weighted by atomic mass is 32.1. The second kappa shape index (κ2) is 6.40. The van der Waals surface area contributed by atoms with Crippen LogP contribution in [0.1, 0.15) is 26.2 Å². The Morgan fingerprint density at radius 2 is 2.40 bits per heavy atom. The SMILES string of the molecule is CC(CN(C)CCC1CCCO1)C(N)=S. The smallest absolute Gasteiger partial charge is 0.0768 e. The third-order valence-corrected chi connectivity index (χ3v) is 3.33. The molecular weight excluding hydrogens is 208 g/mol. The maximum atomic E-state index is 5.58. The molecule has 1 saturated heterocycles. The Morgan fingerprint density at radius 3 is 2.93 bits per heavy atom. The summed E-state index contributed by atoms with van der Waals surface area (Å²) in [6.45, 7) is 5.03. The molecule has 0 amide bonds. The minimum Gasteiger partial charge on any atom is -0.393 e. The first-order valence-electron chi connectivity index (χ1n) is 5.69. The van der Waals surface area contributed by atoms with Gasteiger partial charge in [0.1, 0.15) is 0 Å². The highest BCUT2D eigenvalue weighted by molar-refractivity contribution is 7.80. The molecule has 0 saturated carbocycles. The van der Waals surface area contributed by atoms with Crippen molar-refractivity contribution >= 4 is 17.2 Å². The number of hydrogen-bond acceptors (Lipinski definition) is 3. The largest absolute Gasteiger partial charge is 0.393 e. The van der Waals surface area contributed by atoms with E-state index < -0.39 is 0 Å². The van der Waals surface area contributed by atoms with E-state index in [1.165, 1.54) is 12.8 Å². The lowest BCUT2D eigenvalue weighted by molar-refractivity contribution is 0.0945. The van der Waals surface area contributed by atoms with Gasteiger partial charge < -0.3 is 15.4 Å². The molecule has 1 aliphatic heterocycles. The summed E-state index contributed by atoms with van der Waals surface area (Å²) in [5.41, 5.74) is 5.58. The lowest BCUT2D eigenvalue weighted by atomic mass is 10.1. The van der Waals surface area contributed by atoms with Crippen LogP contribution in [0.15, 0.2) is 0 Å². The van der Waals surface area contributed by atoms with E-state index in [1.54, 1.807) is 0 Å². The monoisotopic (exact) mass is 230 g/mol. The molecule has 0 spiro atoms. The Balaban J connectivity index is 2.12. The minimum absolute atomic E-state index is 0.300. The molecule has 15 heavy (non-hydrogen) atoms. The summed E-state index contributed by atoms with van der Waals surface area (Å²) in [6.07, 6.45) is 4.05. The van der Waals surface area contributed by atoms with Gasteiger partial charge in [-0.2, -0.15) is 0 Å². The van der Waals surface area contributed by atoms with E-state index in [9.17, 15) is 0 Å². The second-order valence-electron chi connectivity index (χ2n) is 4.49. The predicted molar refractivity (Wildman–Crippen MR) is 67.0 cm³/mol. The van der Waals surface area contributed by atoms with Crippen LogP contribution >= 0.6 is 12.2 Å². The van der Waals surface area contributed by atoms with Crippen molar-refractivity contribution in [1.29, 1.82) is 0 Å². The van der Waals surface area contributed by atoms with E-state index in [2.05, 4.69) is 18.9 Å². The van der Waals surface area contributed by atoms with Crippen molar-refractivity contribution in [3.8, 4) is 0 Å². The predicted octanol–water partition coefficient (Wildman–Crippen LogP) is 1.41. The third kappa shape index (κ3) is 4.91. The molecule has 1 fully saturated rings. The molecule has 4 heteroatoms. The summed E-state index contributed by atoms with van der Waals surface area (Å²) in [5, 5.41) is 0. The highest BCUT2D eigenvalue weighted by Gasteiger charge is 2.16. The molecule has 2 atom stereocenters. The molecule has 1 heterocycles. The van der Waals surface area contributed by atoms with E-state index >= 15 is 0 Å². The summed E-state index contributed by atoms with van der Waals surface area (Å²) >= 11 is 4.95. The van der Waals surface area contributed by atoms with Gasteiger partial charge in [0.15, 0.2) is 0 Å².